The Hall–Kier alpha value is -2.36. The maximum absolute atomic E-state index is 12.2. The first kappa shape index (κ1) is 10.8. The number of carbonyl (C=O) groups excluding carboxylic acids is 1. The van der Waals surface area contributed by atoms with Crippen LogP contribution in [-0.4, -0.2) is 10.5 Å². The maximum atomic E-state index is 12.2. The molecule has 3 rings (SSSR count). The van der Waals surface area contributed by atoms with Crippen LogP contribution in [0.15, 0.2) is 35.1 Å². The highest BCUT2D eigenvalue weighted by Crippen LogP contribution is 2.24. The fourth-order valence-corrected chi connectivity index (χ4v) is 2.48. The van der Waals surface area contributed by atoms with Crippen molar-refractivity contribution in [2.45, 2.75) is 13.0 Å². The summed E-state index contributed by atoms with van der Waals surface area (Å²) in [4.78, 5) is 23.0. The Kier molecular flexibility index (Phi) is 2.30. The summed E-state index contributed by atoms with van der Waals surface area (Å²) in [5.41, 5.74) is 7.70. The monoisotopic (exact) mass is 240 g/mol. The molecule has 0 fully saturated rings. The molecule has 0 spiro atoms. The highest BCUT2D eigenvalue weighted by molar-refractivity contribution is 5.91. The Balaban J connectivity index is 2.30. The van der Waals surface area contributed by atoms with Gasteiger partial charge in [0.15, 0.2) is 0 Å². The number of aromatic nitrogens is 1. The lowest BCUT2D eigenvalue weighted by Crippen LogP contribution is -2.20. The zero-order valence-electron chi connectivity index (χ0n) is 9.72. The minimum atomic E-state index is -0.551. The molecule has 0 saturated carbocycles. The number of hydrogen-bond acceptors (Lipinski definition) is 2. The van der Waals surface area contributed by atoms with Crippen molar-refractivity contribution in [2.75, 3.05) is 0 Å². The van der Waals surface area contributed by atoms with Gasteiger partial charge in [-0.2, -0.15) is 0 Å². The largest absolute Gasteiger partial charge is 0.366 e. The number of primary amides is 1. The number of benzene rings is 1. The fourth-order valence-electron chi connectivity index (χ4n) is 2.48. The van der Waals surface area contributed by atoms with E-state index in [0.29, 0.717) is 12.1 Å². The third kappa shape index (κ3) is 1.54. The van der Waals surface area contributed by atoms with Gasteiger partial charge in [-0.25, -0.2) is 0 Å². The molecule has 0 unspecified atom stereocenters. The lowest BCUT2D eigenvalue weighted by atomic mass is 10.1. The first-order valence-corrected chi connectivity index (χ1v) is 5.80. The number of aryl methyl sites for hydroxylation is 2. The molecule has 2 N–H and O–H groups in total. The van der Waals surface area contributed by atoms with Crippen molar-refractivity contribution in [1.29, 1.82) is 0 Å². The van der Waals surface area contributed by atoms with Crippen molar-refractivity contribution >= 4 is 22.9 Å². The third-order valence-corrected chi connectivity index (χ3v) is 3.26. The van der Waals surface area contributed by atoms with Gasteiger partial charge in [-0.1, -0.05) is 18.2 Å². The van der Waals surface area contributed by atoms with E-state index in [4.69, 9.17) is 5.73 Å². The summed E-state index contributed by atoms with van der Waals surface area (Å²) in [7, 11) is 0. The van der Waals surface area contributed by atoms with Gasteiger partial charge in [-0.05, 0) is 29.5 Å². The van der Waals surface area contributed by atoms with Crippen LogP contribution in [0.4, 0.5) is 0 Å². The quantitative estimate of drug-likeness (QED) is 0.797. The van der Waals surface area contributed by atoms with E-state index in [1.54, 1.807) is 4.57 Å². The van der Waals surface area contributed by atoms with Crippen molar-refractivity contribution < 1.29 is 4.79 Å². The lowest BCUT2D eigenvalue weighted by Gasteiger charge is -2.05. The number of rotatable bonds is 2. The number of nitrogens with zero attached hydrogens (tertiary/aromatic N) is 1. The minimum Gasteiger partial charge on any atom is -0.366 e. The second-order valence-electron chi connectivity index (χ2n) is 4.40. The van der Waals surface area contributed by atoms with E-state index in [1.807, 2.05) is 24.3 Å². The highest BCUT2D eigenvalue weighted by Gasteiger charge is 2.16. The second-order valence-corrected chi connectivity index (χ2v) is 4.40. The molecule has 4 nitrogen and oxygen atoms in total. The van der Waals surface area contributed by atoms with Crippen molar-refractivity contribution in [3.8, 4) is 0 Å². The minimum absolute atomic E-state index is 0.0649. The molecule has 0 atom stereocenters. The van der Waals surface area contributed by atoms with E-state index in [2.05, 4.69) is 0 Å². The van der Waals surface area contributed by atoms with Crippen LogP contribution in [0.3, 0.4) is 0 Å². The molecule has 2 heterocycles. The van der Waals surface area contributed by atoms with Crippen LogP contribution in [0.5, 0.6) is 0 Å². The molecule has 18 heavy (non-hydrogen) atoms. The van der Waals surface area contributed by atoms with Gasteiger partial charge >= 0.3 is 0 Å². The lowest BCUT2D eigenvalue weighted by molar-refractivity contribution is -0.113. The summed E-state index contributed by atoms with van der Waals surface area (Å²) < 4.78 is 1.77. The average molecular weight is 240 g/mol. The molecule has 2 aromatic rings. The Labute approximate surface area is 103 Å². The van der Waals surface area contributed by atoms with Crippen LogP contribution in [0.1, 0.15) is 11.1 Å². The van der Waals surface area contributed by atoms with Gasteiger partial charge in [0.25, 0.3) is 5.56 Å². The van der Waals surface area contributed by atoms with E-state index in [0.717, 1.165) is 17.3 Å². The Bertz CT molecular complexity index is 741. The molecule has 1 aromatic carbocycles. The zero-order valence-corrected chi connectivity index (χ0v) is 9.72. The highest BCUT2D eigenvalue weighted by atomic mass is 16.1. The van der Waals surface area contributed by atoms with Crippen LogP contribution in [0, 0.1) is 0 Å². The van der Waals surface area contributed by atoms with E-state index < -0.39 is 5.91 Å². The maximum Gasteiger partial charge on any atom is 0.258 e. The standard InChI is InChI=1S/C14H12N2O2/c15-12(17)5-4-11-8-10-3-1-2-9-6-7-16(13(9)10)14(11)18/h1-5,8H,6-7H2,(H2,15,17)/b5-4+. The molecule has 0 saturated heterocycles. The first-order chi connectivity index (χ1) is 8.66. The number of para-hydroxylation sites is 1. The number of amides is 1. The predicted molar refractivity (Wildman–Crippen MR) is 70.1 cm³/mol. The van der Waals surface area contributed by atoms with E-state index in [9.17, 15) is 9.59 Å². The predicted octanol–water partition coefficient (Wildman–Crippen LogP) is 1.06. The van der Waals surface area contributed by atoms with Crippen LogP contribution in [0.25, 0.3) is 17.0 Å². The molecule has 0 radical (unpaired) electrons. The Morgan fingerprint density at radius 2 is 2.22 bits per heavy atom. The summed E-state index contributed by atoms with van der Waals surface area (Å²) in [6.07, 6.45) is 3.59. The second kappa shape index (κ2) is 3.84. The molecule has 4 heteroatoms. The molecule has 1 aliphatic heterocycles. The Morgan fingerprint density at radius 3 is 3.00 bits per heavy atom. The molecule has 1 aliphatic rings. The number of nitrogens with two attached hydrogens (primary N) is 1. The average Bonchev–Trinajstić information content (AvgIpc) is 2.77. The Morgan fingerprint density at radius 1 is 1.39 bits per heavy atom. The van der Waals surface area contributed by atoms with Crippen molar-refractivity contribution in [1.82, 2.24) is 4.57 Å². The summed E-state index contributed by atoms with van der Waals surface area (Å²) in [6, 6.07) is 7.81. The number of carbonyl (C=O) groups is 1. The first-order valence-electron chi connectivity index (χ1n) is 5.80. The molecular weight excluding hydrogens is 228 g/mol. The van der Waals surface area contributed by atoms with E-state index in [1.165, 1.54) is 17.7 Å². The van der Waals surface area contributed by atoms with E-state index >= 15 is 0 Å². The van der Waals surface area contributed by atoms with Crippen LogP contribution in [-0.2, 0) is 17.8 Å². The van der Waals surface area contributed by atoms with Gasteiger partial charge < -0.3 is 10.3 Å². The number of pyridine rings is 1. The van der Waals surface area contributed by atoms with Crippen molar-refractivity contribution in [3.05, 3.63) is 51.8 Å². The van der Waals surface area contributed by atoms with Crippen LogP contribution in [0.2, 0.25) is 0 Å². The molecule has 0 bridgehead atoms. The SMILES string of the molecule is NC(=O)/C=C/c1cc2cccc3c2n(c1=O)CC3. The van der Waals surface area contributed by atoms with Crippen LogP contribution >= 0.6 is 0 Å². The topological polar surface area (TPSA) is 65.1 Å². The van der Waals surface area contributed by atoms with Crippen molar-refractivity contribution in [2.24, 2.45) is 5.73 Å². The molecule has 0 aliphatic carbocycles. The van der Waals surface area contributed by atoms with Gasteiger partial charge in [0.1, 0.15) is 0 Å². The summed E-state index contributed by atoms with van der Waals surface area (Å²) in [5.74, 6) is -0.551. The summed E-state index contributed by atoms with van der Waals surface area (Å²) >= 11 is 0. The smallest absolute Gasteiger partial charge is 0.258 e. The molecule has 90 valence electrons. The molecule has 1 amide bonds. The van der Waals surface area contributed by atoms with Gasteiger partial charge in [-0.15, -0.1) is 0 Å². The van der Waals surface area contributed by atoms with Gasteiger partial charge in [0, 0.05) is 18.2 Å². The fraction of sp³-hybridized carbons (Fsp3) is 0.143. The van der Waals surface area contributed by atoms with Crippen LogP contribution < -0.4 is 11.3 Å². The molecule has 1 aromatic heterocycles. The summed E-state index contributed by atoms with van der Waals surface area (Å²) in [5, 5.41) is 1.02. The normalized spacial score (nSPS) is 13.6. The van der Waals surface area contributed by atoms with E-state index in [-0.39, 0.29) is 5.56 Å². The summed E-state index contributed by atoms with van der Waals surface area (Å²) in [6.45, 7) is 0.701. The van der Waals surface area contributed by atoms with Crippen molar-refractivity contribution in [3.63, 3.8) is 0 Å². The number of hydrogen-bond donors (Lipinski definition) is 1. The zero-order chi connectivity index (χ0) is 12.7. The molecular formula is C14H12N2O2. The van der Waals surface area contributed by atoms with Gasteiger partial charge in [0.2, 0.25) is 5.91 Å². The van der Waals surface area contributed by atoms with Gasteiger partial charge in [0.05, 0.1) is 5.52 Å². The van der Waals surface area contributed by atoms with Gasteiger partial charge in [-0.3, -0.25) is 9.59 Å². The third-order valence-electron chi connectivity index (χ3n) is 3.26.